The van der Waals surface area contributed by atoms with Crippen LogP contribution in [0.3, 0.4) is 0 Å². The van der Waals surface area contributed by atoms with E-state index in [1.165, 1.54) is 17.7 Å². The van der Waals surface area contributed by atoms with Gasteiger partial charge in [0.15, 0.2) is 0 Å². The van der Waals surface area contributed by atoms with Crippen molar-refractivity contribution in [1.82, 2.24) is 20.5 Å². The average Bonchev–Trinajstić information content (AvgIpc) is 3.12. The topological polar surface area (TPSA) is 170 Å². The monoisotopic (exact) mass is 519 g/mol. The van der Waals surface area contributed by atoms with Gasteiger partial charge < -0.3 is 35.8 Å². The van der Waals surface area contributed by atoms with E-state index in [9.17, 15) is 29.4 Å². The summed E-state index contributed by atoms with van der Waals surface area (Å²) in [6.45, 7) is -0.153. The van der Waals surface area contributed by atoms with E-state index in [2.05, 4.69) is 20.9 Å². The Hall–Kier alpha value is -3.41. The Morgan fingerprint density at radius 1 is 1.08 bits per heavy atom. The molecular formula is C25H37N5O7. The smallest absolute Gasteiger partial charge is 0.407 e. The van der Waals surface area contributed by atoms with Crippen LogP contribution in [0.2, 0.25) is 0 Å². The van der Waals surface area contributed by atoms with Crippen LogP contribution in [0.5, 0.6) is 0 Å². The fourth-order valence-corrected chi connectivity index (χ4v) is 4.86. The number of amides is 3. The second-order valence-electron chi connectivity index (χ2n) is 9.68. The number of aliphatic carboxylic acids is 1. The van der Waals surface area contributed by atoms with Gasteiger partial charge in [0.2, 0.25) is 11.8 Å². The number of pyridine rings is 1. The maximum absolute atomic E-state index is 12.4. The highest BCUT2D eigenvalue weighted by Crippen LogP contribution is 2.25. The number of ether oxygens (including phenoxy) is 1. The number of aromatic nitrogens is 1. The average molecular weight is 520 g/mol. The van der Waals surface area contributed by atoms with Crippen LogP contribution >= 0.6 is 0 Å². The van der Waals surface area contributed by atoms with Crippen LogP contribution in [-0.4, -0.2) is 88.4 Å². The summed E-state index contributed by atoms with van der Waals surface area (Å²) in [6.07, 6.45) is 7.22. The number of likely N-dealkylation sites (tertiary alicyclic amines) is 1. The van der Waals surface area contributed by atoms with E-state index in [-0.39, 0.29) is 37.6 Å². The summed E-state index contributed by atoms with van der Waals surface area (Å²) in [5.41, 5.74) is 0. The Labute approximate surface area is 216 Å². The number of carboxylic acids is 1. The minimum atomic E-state index is -1.24. The molecule has 204 valence electrons. The molecule has 5 N–H and O–H groups in total. The molecule has 2 heterocycles. The minimum Gasteiger partial charge on any atom is -0.480 e. The molecule has 3 unspecified atom stereocenters. The summed E-state index contributed by atoms with van der Waals surface area (Å²) in [7, 11) is 0. The zero-order chi connectivity index (χ0) is 26.6. The first-order valence-corrected chi connectivity index (χ1v) is 12.9. The lowest BCUT2D eigenvalue weighted by molar-refractivity contribution is -0.142. The number of hydrogen-bond donors (Lipinski definition) is 5. The van der Waals surface area contributed by atoms with Gasteiger partial charge in [-0.3, -0.25) is 9.59 Å². The van der Waals surface area contributed by atoms with E-state index in [1.807, 2.05) is 6.07 Å². The Morgan fingerprint density at radius 3 is 2.49 bits per heavy atom. The lowest BCUT2D eigenvalue weighted by Crippen LogP contribution is -2.49. The zero-order valence-electron chi connectivity index (χ0n) is 20.9. The highest BCUT2D eigenvalue weighted by Gasteiger charge is 2.36. The van der Waals surface area contributed by atoms with Crippen LogP contribution in [0.25, 0.3) is 0 Å². The van der Waals surface area contributed by atoms with Crippen molar-refractivity contribution < 1.29 is 34.1 Å². The van der Waals surface area contributed by atoms with Crippen molar-refractivity contribution in [3.8, 4) is 0 Å². The van der Waals surface area contributed by atoms with Crippen LogP contribution < -0.4 is 16.0 Å². The van der Waals surface area contributed by atoms with E-state index < -0.39 is 30.1 Å². The SMILES string of the molecule is O=C(COC1CC(CNc2ccccn2)N(C(=O)O)C1)NCC(NC(=O)CC1CCCCCC1)C(=O)O. The van der Waals surface area contributed by atoms with E-state index in [0.29, 0.717) is 25.2 Å². The summed E-state index contributed by atoms with van der Waals surface area (Å²) in [6, 6.07) is 3.79. The standard InChI is InChI=1S/C25H37N5O7/c31-22(11-17-7-3-1-2-4-8-17)29-20(24(33)34)14-28-23(32)16-37-19-12-18(30(15-19)25(35)36)13-27-21-9-5-6-10-26-21/h5-6,9-10,17-20H,1-4,7-8,11-16H2,(H,26,27)(H,28,32)(H,29,31)(H,33,34)(H,35,36). The molecule has 1 aliphatic carbocycles. The van der Waals surface area contributed by atoms with Gasteiger partial charge in [-0.05, 0) is 37.3 Å². The second kappa shape index (κ2) is 14.4. The van der Waals surface area contributed by atoms with Gasteiger partial charge in [0, 0.05) is 25.7 Å². The lowest BCUT2D eigenvalue weighted by Gasteiger charge is -2.21. The van der Waals surface area contributed by atoms with Crippen LogP contribution in [0, 0.1) is 5.92 Å². The molecule has 12 heteroatoms. The molecule has 3 amide bonds. The molecule has 1 aromatic rings. The molecule has 0 radical (unpaired) electrons. The van der Waals surface area contributed by atoms with Crippen molar-refractivity contribution in [3.63, 3.8) is 0 Å². The Morgan fingerprint density at radius 2 is 1.84 bits per heavy atom. The number of carbonyl (C=O) groups is 4. The van der Waals surface area contributed by atoms with Crippen molar-refractivity contribution in [2.24, 2.45) is 5.92 Å². The molecular weight excluding hydrogens is 482 g/mol. The Kier molecular flexibility index (Phi) is 10.9. The number of anilines is 1. The predicted molar refractivity (Wildman–Crippen MR) is 134 cm³/mol. The van der Waals surface area contributed by atoms with Crippen LogP contribution in [-0.2, 0) is 19.1 Å². The van der Waals surface area contributed by atoms with Crippen molar-refractivity contribution in [2.45, 2.75) is 69.6 Å². The van der Waals surface area contributed by atoms with Crippen molar-refractivity contribution in [3.05, 3.63) is 24.4 Å². The van der Waals surface area contributed by atoms with Crippen molar-refractivity contribution in [2.75, 3.05) is 31.6 Å². The lowest BCUT2D eigenvalue weighted by atomic mass is 9.96. The largest absolute Gasteiger partial charge is 0.480 e. The van der Waals surface area contributed by atoms with E-state index in [1.54, 1.807) is 18.3 Å². The molecule has 0 spiro atoms. The van der Waals surface area contributed by atoms with E-state index >= 15 is 0 Å². The summed E-state index contributed by atoms with van der Waals surface area (Å²) >= 11 is 0. The second-order valence-corrected chi connectivity index (χ2v) is 9.68. The quantitative estimate of drug-likeness (QED) is 0.258. The van der Waals surface area contributed by atoms with Crippen molar-refractivity contribution >= 4 is 29.7 Å². The van der Waals surface area contributed by atoms with E-state index in [4.69, 9.17) is 4.74 Å². The first kappa shape index (κ1) is 28.2. The summed E-state index contributed by atoms with van der Waals surface area (Å²) in [5.74, 6) is -1.20. The predicted octanol–water partition coefficient (Wildman–Crippen LogP) is 1.68. The fraction of sp³-hybridized carbons (Fsp3) is 0.640. The molecule has 1 saturated carbocycles. The molecule has 1 saturated heterocycles. The number of nitrogens with zero attached hydrogens (tertiary/aromatic N) is 2. The third-order valence-corrected chi connectivity index (χ3v) is 6.84. The van der Waals surface area contributed by atoms with Crippen molar-refractivity contribution in [1.29, 1.82) is 0 Å². The van der Waals surface area contributed by atoms with Gasteiger partial charge in [-0.1, -0.05) is 31.7 Å². The third-order valence-electron chi connectivity index (χ3n) is 6.84. The van der Waals surface area contributed by atoms with Gasteiger partial charge in [0.25, 0.3) is 0 Å². The molecule has 12 nitrogen and oxygen atoms in total. The summed E-state index contributed by atoms with van der Waals surface area (Å²) < 4.78 is 5.62. The van der Waals surface area contributed by atoms with Gasteiger partial charge in [0.1, 0.15) is 18.5 Å². The van der Waals surface area contributed by atoms with Gasteiger partial charge >= 0.3 is 12.1 Å². The zero-order valence-corrected chi connectivity index (χ0v) is 20.9. The molecule has 2 aliphatic rings. The first-order valence-electron chi connectivity index (χ1n) is 12.9. The molecule has 1 aliphatic heterocycles. The maximum Gasteiger partial charge on any atom is 0.407 e. The molecule has 3 atom stereocenters. The third kappa shape index (κ3) is 9.52. The van der Waals surface area contributed by atoms with Gasteiger partial charge in [0.05, 0.1) is 18.7 Å². The number of carboxylic acid groups (broad SMARTS) is 2. The van der Waals surface area contributed by atoms with Gasteiger partial charge in [-0.15, -0.1) is 0 Å². The summed E-state index contributed by atoms with van der Waals surface area (Å²) in [5, 5.41) is 27.1. The Balaban J connectivity index is 1.39. The van der Waals surface area contributed by atoms with Gasteiger partial charge in [-0.2, -0.15) is 0 Å². The highest BCUT2D eigenvalue weighted by atomic mass is 16.5. The van der Waals surface area contributed by atoms with Crippen LogP contribution in [0.15, 0.2) is 24.4 Å². The first-order chi connectivity index (χ1) is 17.8. The van der Waals surface area contributed by atoms with Crippen LogP contribution in [0.1, 0.15) is 51.4 Å². The number of carbonyl (C=O) groups excluding carboxylic acids is 2. The molecule has 37 heavy (non-hydrogen) atoms. The molecule has 0 aromatic carbocycles. The minimum absolute atomic E-state index is 0.117. The molecule has 0 bridgehead atoms. The fourth-order valence-electron chi connectivity index (χ4n) is 4.86. The van der Waals surface area contributed by atoms with Gasteiger partial charge in [-0.25, -0.2) is 14.6 Å². The molecule has 1 aromatic heterocycles. The summed E-state index contributed by atoms with van der Waals surface area (Å²) in [4.78, 5) is 53.3. The maximum atomic E-state index is 12.4. The molecule has 2 fully saturated rings. The number of nitrogens with one attached hydrogen (secondary N) is 3. The van der Waals surface area contributed by atoms with E-state index in [0.717, 1.165) is 25.7 Å². The van der Waals surface area contributed by atoms with Crippen LogP contribution in [0.4, 0.5) is 10.6 Å². The number of hydrogen-bond acceptors (Lipinski definition) is 7. The number of rotatable bonds is 12. The molecule has 3 rings (SSSR count). The normalized spacial score (nSPS) is 21.0. The highest BCUT2D eigenvalue weighted by molar-refractivity contribution is 5.85. The Bertz CT molecular complexity index is 908.